The average molecular weight is 351 g/mol. The molecule has 1 amide bonds. The highest BCUT2D eigenvalue weighted by Crippen LogP contribution is 2.32. The molecule has 5 nitrogen and oxygen atoms in total. The monoisotopic (exact) mass is 350 g/mol. The number of anilines is 3. The first-order valence-electron chi connectivity index (χ1n) is 7.97. The number of para-hydroxylation sites is 1. The van der Waals surface area contributed by atoms with Gasteiger partial charge in [0, 0.05) is 12.2 Å². The highest BCUT2D eigenvalue weighted by Gasteiger charge is 2.21. The first kappa shape index (κ1) is 15.6. The smallest absolute Gasteiger partial charge is 0.258 e. The Hall–Kier alpha value is -2.92. The van der Waals surface area contributed by atoms with Crippen LogP contribution in [0.5, 0.6) is 0 Å². The number of amides is 1. The SMILES string of the molecule is O=C(Nc1ccc(N2CCc3ccccc32)nn1)c1ccccc1Cl. The van der Waals surface area contributed by atoms with Crippen LogP contribution in [0.4, 0.5) is 17.3 Å². The summed E-state index contributed by atoms with van der Waals surface area (Å²) < 4.78 is 0. The lowest BCUT2D eigenvalue weighted by Gasteiger charge is -2.17. The second-order valence-corrected chi connectivity index (χ2v) is 6.15. The van der Waals surface area contributed by atoms with Crippen molar-refractivity contribution in [3.05, 3.63) is 76.8 Å². The Morgan fingerprint density at radius 1 is 1.00 bits per heavy atom. The molecule has 0 aliphatic carbocycles. The van der Waals surface area contributed by atoms with Gasteiger partial charge < -0.3 is 10.2 Å². The van der Waals surface area contributed by atoms with Crippen molar-refractivity contribution in [1.82, 2.24) is 10.2 Å². The zero-order valence-corrected chi connectivity index (χ0v) is 14.1. The molecule has 0 saturated carbocycles. The third-order valence-electron chi connectivity index (χ3n) is 4.17. The molecule has 2 heterocycles. The highest BCUT2D eigenvalue weighted by atomic mass is 35.5. The van der Waals surface area contributed by atoms with Crippen LogP contribution in [-0.4, -0.2) is 22.6 Å². The van der Waals surface area contributed by atoms with Crippen LogP contribution in [0, 0.1) is 0 Å². The fourth-order valence-corrected chi connectivity index (χ4v) is 3.16. The van der Waals surface area contributed by atoms with E-state index >= 15 is 0 Å². The summed E-state index contributed by atoms with van der Waals surface area (Å²) in [5.74, 6) is 0.848. The highest BCUT2D eigenvalue weighted by molar-refractivity contribution is 6.34. The first-order chi connectivity index (χ1) is 12.2. The third kappa shape index (κ3) is 3.06. The van der Waals surface area contributed by atoms with E-state index < -0.39 is 0 Å². The molecule has 4 rings (SSSR count). The number of aromatic nitrogens is 2. The second-order valence-electron chi connectivity index (χ2n) is 5.74. The van der Waals surface area contributed by atoms with Crippen molar-refractivity contribution in [3.63, 3.8) is 0 Å². The van der Waals surface area contributed by atoms with Gasteiger partial charge in [-0.25, -0.2) is 0 Å². The van der Waals surface area contributed by atoms with E-state index in [1.807, 2.05) is 18.2 Å². The van der Waals surface area contributed by atoms with Crippen molar-refractivity contribution in [1.29, 1.82) is 0 Å². The van der Waals surface area contributed by atoms with Gasteiger partial charge in [-0.1, -0.05) is 41.9 Å². The van der Waals surface area contributed by atoms with E-state index in [0.717, 1.165) is 24.5 Å². The number of nitrogens with one attached hydrogen (secondary N) is 1. The quantitative estimate of drug-likeness (QED) is 0.773. The normalized spacial score (nSPS) is 12.8. The Balaban J connectivity index is 1.52. The van der Waals surface area contributed by atoms with Crippen molar-refractivity contribution in [2.75, 3.05) is 16.8 Å². The van der Waals surface area contributed by atoms with Crippen molar-refractivity contribution in [2.45, 2.75) is 6.42 Å². The number of fused-ring (bicyclic) bond motifs is 1. The largest absolute Gasteiger partial charge is 0.324 e. The van der Waals surface area contributed by atoms with Gasteiger partial charge in [0.15, 0.2) is 11.6 Å². The minimum atomic E-state index is -0.306. The molecule has 0 saturated heterocycles. The summed E-state index contributed by atoms with van der Waals surface area (Å²) in [7, 11) is 0. The summed E-state index contributed by atoms with van der Waals surface area (Å²) >= 11 is 6.04. The van der Waals surface area contributed by atoms with Crippen molar-refractivity contribution in [2.24, 2.45) is 0 Å². The van der Waals surface area contributed by atoms with Crippen LogP contribution >= 0.6 is 11.6 Å². The number of hydrogen-bond donors (Lipinski definition) is 1. The predicted octanol–water partition coefficient (Wildman–Crippen LogP) is 4.08. The fourth-order valence-electron chi connectivity index (χ4n) is 2.94. The zero-order valence-electron chi connectivity index (χ0n) is 13.3. The van der Waals surface area contributed by atoms with Gasteiger partial charge in [0.05, 0.1) is 10.6 Å². The number of carbonyl (C=O) groups is 1. The molecular formula is C19H15ClN4O. The van der Waals surface area contributed by atoms with E-state index in [1.165, 1.54) is 5.56 Å². The van der Waals surface area contributed by atoms with Gasteiger partial charge in [0.2, 0.25) is 0 Å². The van der Waals surface area contributed by atoms with E-state index in [0.29, 0.717) is 16.4 Å². The average Bonchev–Trinajstić information content (AvgIpc) is 3.07. The van der Waals surface area contributed by atoms with Gasteiger partial charge in [-0.15, -0.1) is 10.2 Å². The lowest BCUT2D eigenvalue weighted by molar-refractivity contribution is 0.102. The molecule has 6 heteroatoms. The lowest BCUT2D eigenvalue weighted by Crippen LogP contribution is -2.17. The lowest BCUT2D eigenvalue weighted by atomic mass is 10.2. The zero-order chi connectivity index (χ0) is 17.2. The van der Waals surface area contributed by atoms with Crippen LogP contribution in [0.2, 0.25) is 5.02 Å². The van der Waals surface area contributed by atoms with Gasteiger partial charge in [-0.05, 0) is 42.3 Å². The summed E-state index contributed by atoms with van der Waals surface area (Å²) in [5, 5.41) is 11.5. The standard InChI is InChI=1S/C19H15ClN4O/c20-15-7-3-2-6-14(15)19(25)21-17-9-10-18(23-22-17)24-12-11-13-5-1-4-8-16(13)24/h1-10H,11-12H2,(H,21,22,25). The Morgan fingerprint density at radius 3 is 2.60 bits per heavy atom. The van der Waals surface area contributed by atoms with Gasteiger partial charge in [-0.2, -0.15) is 0 Å². The third-order valence-corrected chi connectivity index (χ3v) is 4.50. The van der Waals surface area contributed by atoms with Crippen molar-refractivity contribution >= 4 is 34.8 Å². The summed E-state index contributed by atoms with van der Waals surface area (Å²) in [5.41, 5.74) is 2.87. The number of nitrogens with zero attached hydrogens (tertiary/aromatic N) is 3. The van der Waals surface area contributed by atoms with Crippen molar-refractivity contribution in [3.8, 4) is 0 Å². The molecule has 124 valence electrons. The Kier molecular flexibility index (Phi) is 4.07. The number of carbonyl (C=O) groups excluding carboxylic acids is 1. The Labute approximate surface area is 150 Å². The Bertz CT molecular complexity index is 927. The molecule has 1 aliphatic heterocycles. The van der Waals surface area contributed by atoms with Crippen LogP contribution in [-0.2, 0) is 6.42 Å². The summed E-state index contributed by atoms with van der Waals surface area (Å²) in [6, 6.07) is 18.8. The van der Waals surface area contributed by atoms with Crippen LogP contribution in [0.25, 0.3) is 0 Å². The molecule has 3 aromatic rings. The van der Waals surface area contributed by atoms with Crippen LogP contribution in [0.15, 0.2) is 60.7 Å². The van der Waals surface area contributed by atoms with E-state index in [1.54, 1.807) is 30.3 Å². The van der Waals surface area contributed by atoms with Gasteiger partial charge in [0.25, 0.3) is 5.91 Å². The summed E-state index contributed by atoms with van der Waals surface area (Å²) in [6.07, 6.45) is 0.989. The summed E-state index contributed by atoms with van der Waals surface area (Å²) in [6.45, 7) is 0.874. The van der Waals surface area contributed by atoms with E-state index in [2.05, 4.69) is 32.5 Å². The molecule has 0 unspecified atom stereocenters. The van der Waals surface area contributed by atoms with Crippen LogP contribution in [0.3, 0.4) is 0 Å². The number of hydrogen-bond acceptors (Lipinski definition) is 4. The fraction of sp³-hybridized carbons (Fsp3) is 0.105. The molecule has 1 aliphatic rings. The van der Waals surface area contributed by atoms with E-state index in [9.17, 15) is 4.79 Å². The van der Waals surface area contributed by atoms with E-state index in [-0.39, 0.29) is 5.91 Å². The topological polar surface area (TPSA) is 58.1 Å². The molecule has 1 aromatic heterocycles. The number of rotatable bonds is 3. The Morgan fingerprint density at radius 2 is 1.80 bits per heavy atom. The minimum absolute atomic E-state index is 0.306. The predicted molar refractivity (Wildman–Crippen MR) is 98.6 cm³/mol. The second kappa shape index (κ2) is 6.53. The van der Waals surface area contributed by atoms with Gasteiger partial charge >= 0.3 is 0 Å². The number of benzene rings is 2. The maximum atomic E-state index is 12.3. The molecule has 2 aromatic carbocycles. The van der Waals surface area contributed by atoms with Crippen LogP contribution in [0.1, 0.15) is 15.9 Å². The van der Waals surface area contributed by atoms with Gasteiger partial charge in [0.1, 0.15) is 0 Å². The molecule has 0 atom stereocenters. The van der Waals surface area contributed by atoms with Crippen LogP contribution < -0.4 is 10.2 Å². The first-order valence-corrected chi connectivity index (χ1v) is 8.35. The van der Waals surface area contributed by atoms with E-state index in [4.69, 9.17) is 11.6 Å². The molecule has 0 bridgehead atoms. The molecule has 0 radical (unpaired) electrons. The van der Waals surface area contributed by atoms with Gasteiger partial charge in [-0.3, -0.25) is 4.79 Å². The molecule has 25 heavy (non-hydrogen) atoms. The maximum Gasteiger partial charge on any atom is 0.258 e. The maximum absolute atomic E-state index is 12.3. The van der Waals surface area contributed by atoms with Crippen molar-refractivity contribution < 1.29 is 4.79 Å². The number of halogens is 1. The minimum Gasteiger partial charge on any atom is -0.324 e. The molecule has 1 N–H and O–H groups in total. The molecule has 0 spiro atoms. The summed E-state index contributed by atoms with van der Waals surface area (Å²) in [4.78, 5) is 14.4. The molecular weight excluding hydrogens is 336 g/mol. The molecule has 0 fully saturated rings.